The Labute approximate surface area is 144 Å². The second kappa shape index (κ2) is 8.99. The fraction of sp³-hybridized carbons (Fsp3) is 0.588. The van der Waals surface area contributed by atoms with Gasteiger partial charge in [-0.15, -0.1) is 12.4 Å². The molecule has 1 amide bonds. The van der Waals surface area contributed by atoms with Crippen LogP contribution in [-0.2, 0) is 4.79 Å². The Morgan fingerprint density at radius 3 is 2.57 bits per heavy atom. The lowest BCUT2D eigenvalue weighted by atomic mass is 9.99. The lowest BCUT2D eigenvalue weighted by Gasteiger charge is -2.19. The lowest BCUT2D eigenvalue weighted by Crippen LogP contribution is -2.32. The second-order valence-electron chi connectivity index (χ2n) is 5.96. The summed E-state index contributed by atoms with van der Waals surface area (Å²) in [6.45, 7) is 1.97. The maximum Gasteiger partial charge on any atom is 0.220 e. The Hall–Kier alpha value is -1.46. The largest absolute Gasteiger partial charge is 0.493 e. The first-order chi connectivity index (χ1) is 10.5. The van der Waals surface area contributed by atoms with Crippen molar-refractivity contribution >= 4 is 18.3 Å². The average Bonchev–Trinajstić information content (AvgIpc) is 2.91. The van der Waals surface area contributed by atoms with Crippen LogP contribution in [0.1, 0.15) is 44.2 Å². The Kier molecular flexibility index (Phi) is 7.65. The number of hydrogen-bond donors (Lipinski definition) is 2. The van der Waals surface area contributed by atoms with Crippen LogP contribution in [0.5, 0.6) is 11.5 Å². The molecule has 2 rings (SSSR count). The van der Waals surface area contributed by atoms with E-state index in [-0.39, 0.29) is 30.4 Å². The van der Waals surface area contributed by atoms with Crippen LogP contribution in [-0.4, -0.2) is 26.2 Å². The average molecular weight is 343 g/mol. The molecule has 1 aliphatic rings. The molecular formula is C17H27ClN2O3. The molecule has 0 spiro atoms. The van der Waals surface area contributed by atoms with Crippen LogP contribution >= 0.6 is 12.4 Å². The van der Waals surface area contributed by atoms with Gasteiger partial charge in [0, 0.05) is 12.5 Å². The summed E-state index contributed by atoms with van der Waals surface area (Å²) in [6.07, 6.45) is 3.73. The van der Waals surface area contributed by atoms with Crippen molar-refractivity contribution in [2.24, 2.45) is 11.7 Å². The third-order valence-corrected chi connectivity index (χ3v) is 4.45. The van der Waals surface area contributed by atoms with Gasteiger partial charge in [-0.25, -0.2) is 0 Å². The number of ether oxygens (including phenoxy) is 2. The number of carbonyl (C=O) groups excluding carboxylic acids is 1. The van der Waals surface area contributed by atoms with Crippen molar-refractivity contribution in [3.8, 4) is 11.5 Å². The van der Waals surface area contributed by atoms with Crippen LogP contribution in [0.4, 0.5) is 0 Å². The highest BCUT2D eigenvalue weighted by Crippen LogP contribution is 2.30. The monoisotopic (exact) mass is 342 g/mol. The number of hydrogen-bond acceptors (Lipinski definition) is 4. The number of nitrogens with one attached hydrogen (secondary N) is 1. The van der Waals surface area contributed by atoms with Crippen molar-refractivity contribution in [3.05, 3.63) is 23.8 Å². The van der Waals surface area contributed by atoms with E-state index in [1.807, 2.05) is 25.1 Å². The van der Waals surface area contributed by atoms with E-state index in [4.69, 9.17) is 15.2 Å². The summed E-state index contributed by atoms with van der Waals surface area (Å²) >= 11 is 0. The minimum Gasteiger partial charge on any atom is -0.493 e. The molecule has 3 atom stereocenters. The Morgan fingerprint density at radius 2 is 2.00 bits per heavy atom. The third-order valence-electron chi connectivity index (χ3n) is 4.45. The highest BCUT2D eigenvalue weighted by molar-refractivity contribution is 5.85. The van der Waals surface area contributed by atoms with Gasteiger partial charge >= 0.3 is 0 Å². The Bertz CT molecular complexity index is 525. The Morgan fingerprint density at radius 1 is 1.30 bits per heavy atom. The predicted octanol–water partition coefficient (Wildman–Crippen LogP) is 2.82. The van der Waals surface area contributed by atoms with Crippen molar-refractivity contribution in [2.45, 2.75) is 44.7 Å². The molecule has 0 bridgehead atoms. The SMILES string of the molecule is COc1ccc(C(C)NC(=O)C[C@@H]2CCC[C@H]2N)cc1OC.Cl. The van der Waals surface area contributed by atoms with E-state index in [0.717, 1.165) is 24.8 Å². The summed E-state index contributed by atoms with van der Waals surface area (Å²) in [5, 5.41) is 3.04. The fourth-order valence-corrected chi connectivity index (χ4v) is 3.06. The van der Waals surface area contributed by atoms with Crippen molar-refractivity contribution in [3.63, 3.8) is 0 Å². The molecule has 0 saturated heterocycles. The predicted molar refractivity (Wildman–Crippen MR) is 93.3 cm³/mol. The number of halogens is 1. The lowest BCUT2D eigenvalue weighted by molar-refractivity contribution is -0.122. The number of benzene rings is 1. The smallest absolute Gasteiger partial charge is 0.220 e. The molecule has 6 heteroatoms. The fourth-order valence-electron chi connectivity index (χ4n) is 3.06. The van der Waals surface area contributed by atoms with Crippen LogP contribution in [0.3, 0.4) is 0 Å². The van der Waals surface area contributed by atoms with E-state index < -0.39 is 0 Å². The maximum absolute atomic E-state index is 12.2. The van der Waals surface area contributed by atoms with Crippen molar-refractivity contribution in [1.29, 1.82) is 0 Å². The van der Waals surface area contributed by atoms with E-state index >= 15 is 0 Å². The van der Waals surface area contributed by atoms with Gasteiger partial charge in [-0.1, -0.05) is 12.5 Å². The minimum absolute atomic E-state index is 0. The number of methoxy groups -OCH3 is 2. The zero-order chi connectivity index (χ0) is 16.1. The quantitative estimate of drug-likeness (QED) is 0.833. The van der Waals surface area contributed by atoms with Gasteiger partial charge < -0.3 is 20.5 Å². The molecule has 0 aromatic heterocycles. The zero-order valence-electron chi connectivity index (χ0n) is 14.0. The van der Waals surface area contributed by atoms with Gasteiger partial charge in [0.05, 0.1) is 20.3 Å². The highest BCUT2D eigenvalue weighted by Gasteiger charge is 2.26. The van der Waals surface area contributed by atoms with E-state index in [1.165, 1.54) is 0 Å². The number of amides is 1. The van der Waals surface area contributed by atoms with Gasteiger partial charge in [0.1, 0.15) is 0 Å². The van der Waals surface area contributed by atoms with Crippen molar-refractivity contribution in [1.82, 2.24) is 5.32 Å². The van der Waals surface area contributed by atoms with Crippen molar-refractivity contribution < 1.29 is 14.3 Å². The summed E-state index contributed by atoms with van der Waals surface area (Å²) in [7, 11) is 3.21. The van der Waals surface area contributed by atoms with Gasteiger partial charge in [-0.05, 0) is 43.4 Å². The summed E-state index contributed by atoms with van der Waals surface area (Å²) in [5.41, 5.74) is 7.02. The molecule has 0 aliphatic heterocycles. The van der Waals surface area contributed by atoms with Crippen LogP contribution in [0.15, 0.2) is 18.2 Å². The molecule has 1 aromatic rings. The molecule has 23 heavy (non-hydrogen) atoms. The molecule has 1 aromatic carbocycles. The molecule has 5 nitrogen and oxygen atoms in total. The Balaban J connectivity index is 0.00000264. The van der Waals surface area contributed by atoms with Gasteiger partial charge in [-0.3, -0.25) is 4.79 Å². The first-order valence-electron chi connectivity index (χ1n) is 7.82. The van der Waals surface area contributed by atoms with Gasteiger partial charge in [-0.2, -0.15) is 0 Å². The van der Waals surface area contributed by atoms with Crippen molar-refractivity contribution in [2.75, 3.05) is 14.2 Å². The van der Waals surface area contributed by atoms with Crippen LogP contribution in [0.2, 0.25) is 0 Å². The molecule has 0 radical (unpaired) electrons. The summed E-state index contributed by atoms with van der Waals surface area (Å²) in [6, 6.07) is 5.77. The minimum atomic E-state index is -0.0788. The topological polar surface area (TPSA) is 73.6 Å². The molecular weight excluding hydrogens is 316 g/mol. The number of nitrogens with two attached hydrogens (primary N) is 1. The zero-order valence-corrected chi connectivity index (χ0v) is 14.8. The van der Waals surface area contributed by atoms with E-state index in [1.54, 1.807) is 14.2 Å². The molecule has 1 saturated carbocycles. The molecule has 1 aliphatic carbocycles. The third kappa shape index (κ3) is 5.01. The number of carbonyl (C=O) groups is 1. The highest BCUT2D eigenvalue weighted by atomic mass is 35.5. The standard InChI is InChI=1S/C17H26N2O3.ClH/c1-11(12-7-8-15(21-2)16(9-12)22-3)19-17(20)10-13-5-4-6-14(13)18;/h7-9,11,13-14H,4-6,10,18H2,1-3H3,(H,19,20);1H/t11?,13-,14+;/m0./s1. The van der Waals surface area contributed by atoms with Gasteiger partial charge in [0.15, 0.2) is 11.5 Å². The molecule has 1 fully saturated rings. The molecule has 130 valence electrons. The maximum atomic E-state index is 12.2. The first-order valence-corrected chi connectivity index (χ1v) is 7.82. The summed E-state index contributed by atoms with van der Waals surface area (Å²) in [4.78, 5) is 12.2. The molecule has 0 heterocycles. The summed E-state index contributed by atoms with van der Waals surface area (Å²) < 4.78 is 10.5. The van der Waals surface area contributed by atoms with E-state index in [9.17, 15) is 4.79 Å². The van der Waals surface area contributed by atoms with Crippen LogP contribution < -0.4 is 20.5 Å². The normalized spacial score (nSPS) is 21.2. The summed E-state index contributed by atoms with van der Waals surface area (Å²) in [5.74, 6) is 1.72. The molecule has 1 unspecified atom stereocenters. The molecule has 3 N–H and O–H groups in total. The van der Waals surface area contributed by atoms with E-state index in [0.29, 0.717) is 23.8 Å². The number of rotatable bonds is 6. The van der Waals surface area contributed by atoms with Gasteiger partial charge in [0.2, 0.25) is 5.91 Å². The van der Waals surface area contributed by atoms with Crippen LogP contribution in [0, 0.1) is 5.92 Å². The first kappa shape index (κ1) is 19.6. The van der Waals surface area contributed by atoms with Gasteiger partial charge in [0.25, 0.3) is 0 Å². The van der Waals surface area contributed by atoms with E-state index in [2.05, 4.69) is 5.32 Å². The second-order valence-corrected chi connectivity index (χ2v) is 5.96. The van der Waals surface area contributed by atoms with Crippen LogP contribution in [0.25, 0.3) is 0 Å².